The Hall–Kier alpha value is -0.0800. The van der Waals surface area contributed by atoms with E-state index in [4.69, 9.17) is 0 Å². The molecule has 0 amide bonds. The Labute approximate surface area is 101 Å². The normalized spacial score (nSPS) is 32.4. The van der Waals surface area contributed by atoms with E-state index in [-0.39, 0.29) is 5.54 Å². The fourth-order valence-corrected chi connectivity index (χ4v) is 3.46. The van der Waals surface area contributed by atoms with Crippen molar-refractivity contribution in [3.8, 4) is 0 Å². The van der Waals surface area contributed by atoms with Crippen LogP contribution < -0.4 is 5.32 Å². The second kappa shape index (κ2) is 5.05. The molecule has 2 atom stereocenters. The molecule has 2 heteroatoms. The first-order valence-corrected chi connectivity index (χ1v) is 7.02. The third-order valence-corrected chi connectivity index (χ3v) is 4.67. The van der Waals surface area contributed by atoms with E-state index in [9.17, 15) is 0 Å². The molecule has 1 aliphatic carbocycles. The highest BCUT2D eigenvalue weighted by atomic mass is 15.2. The molecule has 0 aromatic rings. The Balaban J connectivity index is 1.85. The van der Waals surface area contributed by atoms with Crippen LogP contribution >= 0.6 is 0 Å². The van der Waals surface area contributed by atoms with Crippen molar-refractivity contribution in [1.82, 2.24) is 10.2 Å². The zero-order chi connectivity index (χ0) is 11.6. The van der Waals surface area contributed by atoms with Gasteiger partial charge in [-0.3, -0.25) is 0 Å². The van der Waals surface area contributed by atoms with Crippen LogP contribution in [-0.2, 0) is 0 Å². The monoisotopic (exact) mass is 224 g/mol. The second-order valence-electron chi connectivity index (χ2n) is 6.46. The van der Waals surface area contributed by atoms with Crippen molar-refractivity contribution in [3.05, 3.63) is 0 Å². The van der Waals surface area contributed by atoms with Gasteiger partial charge in [0.2, 0.25) is 0 Å². The van der Waals surface area contributed by atoms with Gasteiger partial charge in [-0.05, 0) is 52.1 Å². The molecule has 2 nitrogen and oxygen atoms in total. The Morgan fingerprint density at radius 1 is 1.12 bits per heavy atom. The summed E-state index contributed by atoms with van der Waals surface area (Å²) < 4.78 is 0. The molecule has 1 heterocycles. The maximum absolute atomic E-state index is 3.42. The SMILES string of the molecule is CNC(C)(C)CN1CCC2CCCCC2C1. The van der Waals surface area contributed by atoms with Crippen molar-refractivity contribution >= 4 is 0 Å². The molecule has 2 aliphatic rings. The number of rotatable bonds is 3. The van der Waals surface area contributed by atoms with Gasteiger partial charge in [0.1, 0.15) is 0 Å². The summed E-state index contributed by atoms with van der Waals surface area (Å²) in [5.41, 5.74) is 0.265. The van der Waals surface area contributed by atoms with Crippen molar-refractivity contribution in [3.63, 3.8) is 0 Å². The van der Waals surface area contributed by atoms with Gasteiger partial charge in [0, 0.05) is 18.6 Å². The summed E-state index contributed by atoms with van der Waals surface area (Å²) >= 11 is 0. The molecule has 16 heavy (non-hydrogen) atoms. The van der Waals surface area contributed by atoms with Crippen LogP contribution in [0.5, 0.6) is 0 Å². The van der Waals surface area contributed by atoms with Gasteiger partial charge < -0.3 is 10.2 Å². The number of nitrogens with one attached hydrogen (secondary N) is 1. The predicted octanol–water partition coefficient (Wildman–Crippen LogP) is 2.50. The molecule has 1 N–H and O–H groups in total. The zero-order valence-electron chi connectivity index (χ0n) is 11.3. The third-order valence-electron chi connectivity index (χ3n) is 4.67. The Morgan fingerprint density at radius 2 is 1.81 bits per heavy atom. The molecule has 0 radical (unpaired) electrons. The number of fused-ring (bicyclic) bond motifs is 1. The summed E-state index contributed by atoms with van der Waals surface area (Å²) in [6.07, 6.45) is 7.41. The highest BCUT2D eigenvalue weighted by molar-refractivity contribution is 4.87. The minimum absolute atomic E-state index is 0.265. The molecule has 1 saturated carbocycles. The topological polar surface area (TPSA) is 15.3 Å². The molecular formula is C14H28N2. The number of likely N-dealkylation sites (tertiary alicyclic amines) is 1. The summed E-state index contributed by atoms with van der Waals surface area (Å²) in [7, 11) is 2.08. The summed E-state index contributed by atoms with van der Waals surface area (Å²) in [5.74, 6) is 2.07. The average Bonchev–Trinajstić information content (AvgIpc) is 2.28. The van der Waals surface area contributed by atoms with E-state index in [0.29, 0.717) is 0 Å². The third kappa shape index (κ3) is 2.98. The smallest absolute Gasteiger partial charge is 0.0249 e. The molecule has 1 aliphatic heterocycles. The second-order valence-corrected chi connectivity index (χ2v) is 6.46. The van der Waals surface area contributed by atoms with Crippen LogP contribution in [0, 0.1) is 11.8 Å². The van der Waals surface area contributed by atoms with Crippen LogP contribution in [0.25, 0.3) is 0 Å². The lowest BCUT2D eigenvalue weighted by Crippen LogP contribution is -2.51. The van der Waals surface area contributed by atoms with Gasteiger partial charge in [-0.25, -0.2) is 0 Å². The van der Waals surface area contributed by atoms with Crippen LogP contribution in [0.3, 0.4) is 0 Å². The van der Waals surface area contributed by atoms with E-state index >= 15 is 0 Å². The van der Waals surface area contributed by atoms with E-state index in [1.165, 1.54) is 51.7 Å². The van der Waals surface area contributed by atoms with Gasteiger partial charge in [-0.15, -0.1) is 0 Å². The average molecular weight is 224 g/mol. The molecule has 2 rings (SSSR count). The van der Waals surface area contributed by atoms with E-state index < -0.39 is 0 Å². The van der Waals surface area contributed by atoms with Crippen molar-refractivity contribution in [2.75, 3.05) is 26.7 Å². The summed E-state index contributed by atoms with van der Waals surface area (Å²) in [6, 6.07) is 0. The molecule has 0 bridgehead atoms. The first-order valence-electron chi connectivity index (χ1n) is 7.02. The van der Waals surface area contributed by atoms with E-state index in [0.717, 1.165) is 11.8 Å². The Morgan fingerprint density at radius 3 is 2.50 bits per heavy atom. The van der Waals surface area contributed by atoms with Crippen LogP contribution in [0.1, 0.15) is 46.0 Å². The summed E-state index contributed by atoms with van der Waals surface area (Å²) in [4.78, 5) is 2.68. The Kier molecular flexibility index (Phi) is 3.91. The van der Waals surface area contributed by atoms with E-state index in [1.54, 1.807) is 0 Å². The molecule has 0 spiro atoms. The first-order chi connectivity index (χ1) is 7.61. The van der Waals surface area contributed by atoms with Crippen molar-refractivity contribution in [2.24, 2.45) is 11.8 Å². The van der Waals surface area contributed by atoms with Gasteiger partial charge in [0.25, 0.3) is 0 Å². The maximum atomic E-state index is 3.42. The number of hydrogen-bond donors (Lipinski definition) is 1. The first kappa shape index (κ1) is 12.4. The van der Waals surface area contributed by atoms with Crippen molar-refractivity contribution in [2.45, 2.75) is 51.5 Å². The Bertz CT molecular complexity index is 225. The number of nitrogens with zero attached hydrogens (tertiary/aromatic N) is 1. The van der Waals surface area contributed by atoms with E-state index in [2.05, 4.69) is 31.1 Å². The van der Waals surface area contributed by atoms with Gasteiger partial charge in [0.15, 0.2) is 0 Å². The minimum atomic E-state index is 0.265. The lowest BCUT2D eigenvalue weighted by Gasteiger charge is -2.43. The molecule has 2 unspecified atom stereocenters. The van der Waals surface area contributed by atoms with Gasteiger partial charge in [0.05, 0.1) is 0 Å². The fourth-order valence-electron chi connectivity index (χ4n) is 3.46. The molecule has 0 aromatic carbocycles. The fraction of sp³-hybridized carbons (Fsp3) is 1.00. The van der Waals surface area contributed by atoms with Crippen LogP contribution in [-0.4, -0.2) is 37.1 Å². The van der Waals surface area contributed by atoms with Crippen molar-refractivity contribution in [1.29, 1.82) is 0 Å². The number of hydrogen-bond acceptors (Lipinski definition) is 2. The van der Waals surface area contributed by atoms with Crippen molar-refractivity contribution < 1.29 is 0 Å². The number of piperidine rings is 1. The maximum Gasteiger partial charge on any atom is 0.0249 e. The summed E-state index contributed by atoms with van der Waals surface area (Å²) in [6.45, 7) is 8.49. The zero-order valence-corrected chi connectivity index (χ0v) is 11.3. The van der Waals surface area contributed by atoms with Crippen LogP contribution in [0.15, 0.2) is 0 Å². The minimum Gasteiger partial charge on any atom is -0.314 e. The standard InChI is InChI=1S/C14H28N2/c1-14(2,15-3)11-16-9-8-12-6-4-5-7-13(12)10-16/h12-13,15H,4-11H2,1-3H3. The quantitative estimate of drug-likeness (QED) is 0.792. The highest BCUT2D eigenvalue weighted by Gasteiger charge is 2.32. The van der Waals surface area contributed by atoms with Gasteiger partial charge >= 0.3 is 0 Å². The summed E-state index contributed by atoms with van der Waals surface area (Å²) in [5, 5.41) is 3.42. The molecule has 1 saturated heterocycles. The lowest BCUT2D eigenvalue weighted by atomic mass is 9.75. The molecule has 94 valence electrons. The predicted molar refractivity (Wildman–Crippen MR) is 69.6 cm³/mol. The molecule has 0 aromatic heterocycles. The van der Waals surface area contributed by atoms with Gasteiger partial charge in [-0.1, -0.05) is 19.3 Å². The van der Waals surface area contributed by atoms with E-state index in [1.807, 2.05) is 0 Å². The number of likely N-dealkylation sites (N-methyl/N-ethyl adjacent to an activating group) is 1. The lowest BCUT2D eigenvalue weighted by molar-refractivity contribution is 0.0705. The van der Waals surface area contributed by atoms with Crippen LogP contribution in [0.2, 0.25) is 0 Å². The van der Waals surface area contributed by atoms with Crippen LogP contribution in [0.4, 0.5) is 0 Å². The molecule has 2 fully saturated rings. The largest absolute Gasteiger partial charge is 0.314 e. The highest BCUT2D eigenvalue weighted by Crippen LogP contribution is 2.36. The molecular weight excluding hydrogens is 196 g/mol. The van der Waals surface area contributed by atoms with Gasteiger partial charge in [-0.2, -0.15) is 0 Å².